The maximum absolute atomic E-state index is 12.8. The third kappa shape index (κ3) is 4.10. The molecule has 1 amide bonds. The Morgan fingerprint density at radius 2 is 1.80 bits per heavy atom. The van der Waals surface area contributed by atoms with Gasteiger partial charge in [0.05, 0.1) is 12.8 Å². The molecule has 2 heterocycles. The third-order valence-electron chi connectivity index (χ3n) is 4.91. The molecule has 0 aliphatic rings. The highest BCUT2D eigenvalue weighted by Crippen LogP contribution is 2.21. The summed E-state index contributed by atoms with van der Waals surface area (Å²) in [6.45, 7) is 2.39. The van der Waals surface area contributed by atoms with E-state index in [9.17, 15) is 9.59 Å². The van der Waals surface area contributed by atoms with E-state index in [0.29, 0.717) is 17.8 Å². The van der Waals surface area contributed by atoms with Gasteiger partial charge < -0.3 is 14.6 Å². The van der Waals surface area contributed by atoms with Gasteiger partial charge >= 0.3 is 0 Å². The van der Waals surface area contributed by atoms with Crippen molar-refractivity contribution in [2.75, 3.05) is 7.11 Å². The minimum atomic E-state index is -0.268. The predicted octanol–water partition coefficient (Wildman–Crippen LogP) is 2.80. The molecule has 0 saturated carbocycles. The van der Waals surface area contributed by atoms with E-state index in [1.807, 2.05) is 55.5 Å². The largest absolute Gasteiger partial charge is 0.497 e. The number of hydrogen-bond acceptors (Lipinski definition) is 4. The van der Waals surface area contributed by atoms with Crippen molar-refractivity contribution in [1.29, 1.82) is 0 Å². The van der Waals surface area contributed by atoms with E-state index >= 15 is 0 Å². The van der Waals surface area contributed by atoms with Crippen molar-refractivity contribution in [3.05, 3.63) is 88.5 Å². The summed E-state index contributed by atoms with van der Waals surface area (Å²) in [5.41, 5.74) is 3.87. The van der Waals surface area contributed by atoms with Gasteiger partial charge in [-0.15, -0.1) is 0 Å². The Bertz CT molecular complexity index is 1240. The van der Waals surface area contributed by atoms with Crippen LogP contribution in [0, 0.1) is 6.92 Å². The molecular weight excluding hydrogens is 380 g/mol. The number of fused-ring (bicyclic) bond motifs is 1. The molecule has 4 aromatic rings. The summed E-state index contributed by atoms with van der Waals surface area (Å²) >= 11 is 0. The molecule has 2 aromatic heterocycles. The van der Waals surface area contributed by atoms with Gasteiger partial charge in [0.25, 0.3) is 5.56 Å². The minimum Gasteiger partial charge on any atom is -0.497 e. The highest BCUT2D eigenvalue weighted by Gasteiger charge is 2.11. The van der Waals surface area contributed by atoms with Crippen LogP contribution in [0.25, 0.3) is 16.8 Å². The number of amides is 1. The fourth-order valence-corrected chi connectivity index (χ4v) is 3.17. The lowest BCUT2D eigenvalue weighted by atomic mass is 10.1. The van der Waals surface area contributed by atoms with E-state index in [2.05, 4.69) is 10.4 Å². The molecule has 0 aliphatic heterocycles. The normalized spacial score (nSPS) is 10.9. The molecule has 0 spiro atoms. The van der Waals surface area contributed by atoms with Crippen LogP contribution in [-0.2, 0) is 17.9 Å². The smallest absolute Gasteiger partial charge is 0.277 e. The number of rotatable bonds is 6. The fraction of sp³-hybridized carbons (Fsp3) is 0.174. The molecule has 0 atom stereocenters. The summed E-state index contributed by atoms with van der Waals surface area (Å²) < 4.78 is 8.09. The quantitative estimate of drug-likeness (QED) is 0.538. The first-order valence-electron chi connectivity index (χ1n) is 9.59. The number of nitrogens with zero attached hydrogens (tertiary/aromatic N) is 3. The van der Waals surface area contributed by atoms with Crippen molar-refractivity contribution >= 4 is 11.4 Å². The fourth-order valence-electron chi connectivity index (χ4n) is 3.17. The molecule has 0 unspecified atom stereocenters. The molecule has 0 saturated heterocycles. The van der Waals surface area contributed by atoms with E-state index in [-0.39, 0.29) is 18.0 Å². The van der Waals surface area contributed by atoms with Crippen LogP contribution in [0.4, 0.5) is 0 Å². The zero-order valence-electron chi connectivity index (χ0n) is 16.8. The summed E-state index contributed by atoms with van der Waals surface area (Å²) in [5.74, 6) is 0.526. The number of aromatic nitrogens is 3. The maximum atomic E-state index is 12.8. The van der Waals surface area contributed by atoms with Gasteiger partial charge in [-0.05, 0) is 42.8 Å². The highest BCUT2D eigenvalue weighted by molar-refractivity contribution is 5.76. The molecule has 0 fully saturated rings. The second-order valence-electron chi connectivity index (χ2n) is 7.08. The van der Waals surface area contributed by atoms with Crippen LogP contribution < -0.4 is 15.6 Å². The van der Waals surface area contributed by atoms with Crippen molar-refractivity contribution in [2.24, 2.45) is 0 Å². The van der Waals surface area contributed by atoms with Gasteiger partial charge in [0.15, 0.2) is 0 Å². The van der Waals surface area contributed by atoms with Crippen molar-refractivity contribution in [3.63, 3.8) is 0 Å². The SMILES string of the molecule is COc1ccc(-c2cc3c(=O)n(CC(=O)NCc4ccc(C)cc4)ccn3n2)cc1. The summed E-state index contributed by atoms with van der Waals surface area (Å²) in [5, 5.41) is 7.32. The topological polar surface area (TPSA) is 77.6 Å². The number of nitrogens with one attached hydrogen (secondary N) is 1. The van der Waals surface area contributed by atoms with Crippen LogP contribution in [0.2, 0.25) is 0 Å². The van der Waals surface area contributed by atoms with Crippen molar-refractivity contribution in [3.8, 4) is 17.0 Å². The second-order valence-corrected chi connectivity index (χ2v) is 7.08. The highest BCUT2D eigenvalue weighted by atomic mass is 16.5. The lowest BCUT2D eigenvalue weighted by Crippen LogP contribution is -2.32. The number of carbonyl (C=O) groups excluding carboxylic acids is 1. The summed E-state index contributed by atoms with van der Waals surface area (Å²) in [4.78, 5) is 25.1. The zero-order chi connectivity index (χ0) is 21.1. The Hall–Kier alpha value is -3.87. The summed E-state index contributed by atoms with van der Waals surface area (Å²) in [6, 6.07) is 17.1. The van der Waals surface area contributed by atoms with Crippen LogP contribution in [0.1, 0.15) is 11.1 Å². The monoisotopic (exact) mass is 402 g/mol. The van der Waals surface area contributed by atoms with Crippen LogP contribution in [-0.4, -0.2) is 27.2 Å². The van der Waals surface area contributed by atoms with Gasteiger partial charge in [-0.25, -0.2) is 4.52 Å². The Labute approximate surface area is 173 Å². The molecule has 0 aliphatic carbocycles. The first-order valence-corrected chi connectivity index (χ1v) is 9.59. The van der Waals surface area contributed by atoms with Crippen LogP contribution in [0.5, 0.6) is 5.75 Å². The van der Waals surface area contributed by atoms with E-state index in [1.54, 1.807) is 25.6 Å². The standard InChI is InChI=1S/C23H22N4O3/c1-16-3-5-17(6-4-16)14-24-22(28)15-26-11-12-27-21(23(26)29)13-20(25-27)18-7-9-19(30-2)10-8-18/h3-13H,14-15H2,1-2H3,(H,24,28). The van der Waals surface area contributed by atoms with Gasteiger partial charge in [-0.2, -0.15) is 5.10 Å². The lowest BCUT2D eigenvalue weighted by molar-refractivity contribution is -0.121. The number of ether oxygens (including phenoxy) is 1. The molecule has 0 bridgehead atoms. The Kier molecular flexibility index (Phi) is 5.34. The Morgan fingerprint density at radius 1 is 1.07 bits per heavy atom. The lowest BCUT2D eigenvalue weighted by Gasteiger charge is -2.08. The number of benzene rings is 2. The Balaban J connectivity index is 1.50. The van der Waals surface area contributed by atoms with Crippen molar-refractivity contribution < 1.29 is 9.53 Å². The first-order chi connectivity index (χ1) is 14.5. The van der Waals surface area contributed by atoms with E-state index < -0.39 is 0 Å². The molecule has 1 N–H and O–H groups in total. The molecule has 7 heteroatoms. The minimum absolute atomic E-state index is 0.0513. The summed E-state index contributed by atoms with van der Waals surface area (Å²) in [7, 11) is 1.61. The van der Waals surface area contributed by atoms with Gasteiger partial charge in [0.1, 0.15) is 17.8 Å². The Morgan fingerprint density at radius 3 is 2.50 bits per heavy atom. The summed E-state index contributed by atoms with van der Waals surface area (Å²) in [6.07, 6.45) is 3.25. The zero-order valence-corrected chi connectivity index (χ0v) is 16.8. The van der Waals surface area contributed by atoms with Crippen LogP contribution >= 0.6 is 0 Å². The van der Waals surface area contributed by atoms with Gasteiger partial charge in [0, 0.05) is 24.5 Å². The van der Waals surface area contributed by atoms with Crippen LogP contribution in [0.3, 0.4) is 0 Å². The van der Waals surface area contributed by atoms with Gasteiger partial charge in [-0.3, -0.25) is 9.59 Å². The molecule has 7 nitrogen and oxygen atoms in total. The van der Waals surface area contributed by atoms with Gasteiger partial charge in [0.2, 0.25) is 5.91 Å². The van der Waals surface area contributed by atoms with Crippen LogP contribution in [0.15, 0.2) is 71.8 Å². The average Bonchev–Trinajstić information content (AvgIpc) is 3.21. The molecular formula is C23H22N4O3. The average molecular weight is 402 g/mol. The predicted molar refractivity (Wildman–Crippen MR) is 114 cm³/mol. The number of aryl methyl sites for hydroxylation is 1. The van der Waals surface area contributed by atoms with E-state index in [1.165, 1.54) is 14.6 Å². The number of hydrogen-bond donors (Lipinski definition) is 1. The number of carbonyl (C=O) groups is 1. The van der Waals surface area contributed by atoms with Crippen molar-refractivity contribution in [1.82, 2.24) is 19.5 Å². The van der Waals surface area contributed by atoms with E-state index in [4.69, 9.17) is 4.74 Å². The van der Waals surface area contributed by atoms with Crippen molar-refractivity contribution in [2.45, 2.75) is 20.0 Å². The molecule has 30 heavy (non-hydrogen) atoms. The molecule has 152 valence electrons. The third-order valence-corrected chi connectivity index (χ3v) is 4.91. The second kappa shape index (κ2) is 8.24. The van der Waals surface area contributed by atoms with Gasteiger partial charge in [-0.1, -0.05) is 29.8 Å². The molecule has 2 aromatic carbocycles. The maximum Gasteiger partial charge on any atom is 0.277 e. The first kappa shape index (κ1) is 19.4. The molecule has 0 radical (unpaired) electrons. The van der Waals surface area contributed by atoms with E-state index in [0.717, 1.165) is 16.9 Å². The molecule has 4 rings (SSSR count). The number of methoxy groups -OCH3 is 1.